The van der Waals surface area contributed by atoms with Gasteiger partial charge in [0.1, 0.15) is 0 Å². The summed E-state index contributed by atoms with van der Waals surface area (Å²) >= 11 is 0. The Balaban J connectivity index is 1.70. The van der Waals surface area contributed by atoms with Gasteiger partial charge >= 0.3 is 5.69 Å². The number of aromatic amines is 1. The number of aromatic nitrogens is 4. The first-order valence-corrected chi connectivity index (χ1v) is 8.34. The number of rotatable bonds is 3. The van der Waals surface area contributed by atoms with E-state index in [2.05, 4.69) is 27.2 Å². The maximum Gasteiger partial charge on any atom is 0.333 e. The van der Waals surface area contributed by atoms with Crippen LogP contribution in [0.5, 0.6) is 0 Å². The predicted molar refractivity (Wildman–Crippen MR) is 94.2 cm³/mol. The van der Waals surface area contributed by atoms with Crippen molar-refractivity contribution in [1.29, 1.82) is 0 Å². The largest absolute Gasteiger partial charge is 0.333 e. The van der Waals surface area contributed by atoms with Gasteiger partial charge in [-0.2, -0.15) is 5.10 Å². The fraction of sp³-hybridized carbons (Fsp3) is 0.353. The third kappa shape index (κ3) is 3.13. The molecular formula is C17H20N6O2. The van der Waals surface area contributed by atoms with E-state index in [0.29, 0.717) is 11.7 Å². The first kappa shape index (κ1) is 15.8. The fourth-order valence-electron chi connectivity index (χ4n) is 3.32. The van der Waals surface area contributed by atoms with Crippen LogP contribution in [0.3, 0.4) is 0 Å². The highest BCUT2D eigenvalue weighted by atomic mass is 16.2. The van der Waals surface area contributed by atoms with Crippen LogP contribution >= 0.6 is 0 Å². The Bertz CT molecular complexity index is 1020. The molecule has 0 saturated carbocycles. The normalized spacial score (nSPS) is 18.7. The highest BCUT2D eigenvalue weighted by Gasteiger charge is 2.16. The van der Waals surface area contributed by atoms with Gasteiger partial charge in [-0.05, 0) is 24.6 Å². The molecule has 1 saturated heterocycles. The second-order valence-corrected chi connectivity index (χ2v) is 6.47. The van der Waals surface area contributed by atoms with Crippen LogP contribution in [0.15, 0.2) is 46.4 Å². The molecule has 130 valence electrons. The van der Waals surface area contributed by atoms with E-state index in [1.54, 1.807) is 10.7 Å². The lowest BCUT2D eigenvalue weighted by Gasteiger charge is -2.31. The molecular weight excluding hydrogens is 320 g/mol. The van der Waals surface area contributed by atoms with Crippen LogP contribution in [0.25, 0.3) is 11.2 Å². The van der Waals surface area contributed by atoms with Gasteiger partial charge in [0, 0.05) is 50.7 Å². The lowest BCUT2D eigenvalue weighted by molar-refractivity contribution is 0.199. The molecule has 1 aliphatic heterocycles. The summed E-state index contributed by atoms with van der Waals surface area (Å²) in [4.78, 5) is 28.0. The molecule has 0 spiro atoms. The molecule has 3 aromatic rings. The zero-order valence-corrected chi connectivity index (χ0v) is 14.0. The molecule has 8 heteroatoms. The van der Waals surface area contributed by atoms with Gasteiger partial charge < -0.3 is 5.32 Å². The summed E-state index contributed by atoms with van der Waals surface area (Å²) in [6.45, 7) is 6.06. The summed E-state index contributed by atoms with van der Waals surface area (Å²) in [5, 5.41) is 7.74. The molecule has 0 radical (unpaired) electrons. The summed E-state index contributed by atoms with van der Waals surface area (Å²) in [6, 6.07) is 5.91. The smallest absolute Gasteiger partial charge is 0.312 e. The van der Waals surface area contributed by atoms with E-state index < -0.39 is 11.2 Å². The number of H-pyrrole nitrogens is 1. The first-order chi connectivity index (χ1) is 12.1. The van der Waals surface area contributed by atoms with Crippen LogP contribution < -0.4 is 16.6 Å². The van der Waals surface area contributed by atoms with Gasteiger partial charge in [0.2, 0.25) is 0 Å². The van der Waals surface area contributed by atoms with E-state index in [1.165, 1.54) is 22.4 Å². The van der Waals surface area contributed by atoms with E-state index in [0.717, 1.165) is 31.7 Å². The number of pyridine rings is 1. The first-order valence-electron chi connectivity index (χ1n) is 8.34. The Morgan fingerprint density at radius 2 is 2.16 bits per heavy atom. The number of hydrogen-bond acceptors (Lipinski definition) is 5. The van der Waals surface area contributed by atoms with Gasteiger partial charge in [0.05, 0.1) is 17.4 Å². The van der Waals surface area contributed by atoms with Crippen molar-refractivity contribution in [3.63, 3.8) is 0 Å². The average molecular weight is 340 g/mol. The summed E-state index contributed by atoms with van der Waals surface area (Å²) < 4.78 is 3.14. The lowest BCUT2D eigenvalue weighted by Crippen LogP contribution is -2.48. The molecule has 4 rings (SSSR count). The van der Waals surface area contributed by atoms with Gasteiger partial charge in [-0.1, -0.05) is 0 Å². The maximum atomic E-state index is 12.1. The average Bonchev–Trinajstić information content (AvgIpc) is 2.98. The van der Waals surface area contributed by atoms with Gasteiger partial charge in [0.25, 0.3) is 5.56 Å². The minimum atomic E-state index is -0.469. The fourth-order valence-corrected chi connectivity index (χ4v) is 3.32. The molecule has 1 aliphatic rings. The van der Waals surface area contributed by atoms with Crippen molar-refractivity contribution in [2.24, 2.45) is 0 Å². The van der Waals surface area contributed by atoms with Crippen molar-refractivity contribution in [3.05, 3.63) is 63.2 Å². The topological polar surface area (TPSA) is 87.4 Å². The molecule has 0 aromatic carbocycles. The van der Waals surface area contributed by atoms with Crippen LogP contribution in [0, 0.1) is 0 Å². The van der Waals surface area contributed by atoms with Crippen LogP contribution in [-0.4, -0.2) is 49.7 Å². The molecule has 1 fully saturated rings. The molecule has 1 atom stereocenters. The molecule has 25 heavy (non-hydrogen) atoms. The van der Waals surface area contributed by atoms with E-state index in [1.807, 2.05) is 18.3 Å². The van der Waals surface area contributed by atoms with Crippen LogP contribution in [0.1, 0.15) is 12.5 Å². The van der Waals surface area contributed by atoms with Gasteiger partial charge in [0.15, 0.2) is 0 Å². The van der Waals surface area contributed by atoms with Crippen molar-refractivity contribution in [3.8, 4) is 5.69 Å². The number of nitrogens with zero attached hydrogens (tertiary/aromatic N) is 4. The quantitative estimate of drug-likeness (QED) is 0.699. The summed E-state index contributed by atoms with van der Waals surface area (Å²) in [5.74, 6) is 0. The predicted octanol–water partition coefficient (Wildman–Crippen LogP) is -0.0328. The molecule has 8 nitrogen and oxygen atoms in total. The van der Waals surface area contributed by atoms with Crippen LogP contribution in [0.2, 0.25) is 0 Å². The minimum absolute atomic E-state index is 0.411. The van der Waals surface area contributed by atoms with E-state index in [-0.39, 0.29) is 0 Å². The number of piperazine rings is 1. The summed E-state index contributed by atoms with van der Waals surface area (Å²) in [5.41, 5.74) is 1.77. The van der Waals surface area contributed by atoms with Crippen molar-refractivity contribution in [2.75, 3.05) is 19.6 Å². The molecule has 3 aromatic heterocycles. The molecule has 0 bridgehead atoms. The lowest BCUT2D eigenvalue weighted by atomic mass is 10.2. The SMILES string of the molecule is C[C@H]1CN(Cc2ccn3ncc(-n4ccc(=O)[nH]c4=O)c3c2)CCN1. The highest BCUT2D eigenvalue weighted by molar-refractivity contribution is 5.64. The highest BCUT2D eigenvalue weighted by Crippen LogP contribution is 2.17. The third-order valence-corrected chi connectivity index (χ3v) is 4.51. The molecule has 0 unspecified atom stereocenters. The van der Waals surface area contributed by atoms with E-state index in [9.17, 15) is 9.59 Å². The van der Waals surface area contributed by atoms with Gasteiger partial charge in [-0.25, -0.2) is 9.31 Å². The second-order valence-electron chi connectivity index (χ2n) is 6.47. The Hall–Kier alpha value is -2.71. The van der Waals surface area contributed by atoms with Crippen LogP contribution in [-0.2, 0) is 6.54 Å². The third-order valence-electron chi connectivity index (χ3n) is 4.51. The zero-order chi connectivity index (χ0) is 17.4. The second kappa shape index (κ2) is 6.30. The van der Waals surface area contributed by atoms with E-state index in [4.69, 9.17) is 0 Å². The van der Waals surface area contributed by atoms with Gasteiger partial charge in [-0.3, -0.25) is 19.2 Å². The molecule has 2 N–H and O–H groups in total. The Morgan fingerprint density at radius 3 is 2.96 bits per heavy atom. The Labute approximate surface area is 143 Å². The van der Waals surface area contributed by atoms with Crippen molar-refractivity contribution >= 4 is 5.52 Å². The Morgan fingerprint density at radius 1 is 1.28 bits per heavy atom. The Kier molecular flexibility index (Phi) is 3.98. The van der Waals surface area contributed by atoms with Crippen molar-refractivity contribution in [1.82, 2.24) is 29.4 Å². The van der Waals surface area contributed by atoms with Gasteiger partial charge in [-0.15, -0.1) is 0 Å². The maximum absolute atomic E-state index is 12.1. The molecule has 0 amide bonds. The van der Waals surface area contributed by atoms with Crippen molar-refractivity contribution in [2.45, 2.75) is 19.5 Å². The van der Waals surface area contributed by atoms with Crippen LogP contribution in [0.4, 0.5) is 0 Å². The number of fused-ring (bicyclic) bond motifs is 1. The molecule has 4 heterocycles. The number of nitrogens with one attached hydrogen (secondary N) is 2. The molecule has 0 aliphatic carbocycles. The monoisotopic (exact) mass is 340 g/mol. The summed E-state index contributed by atoms with van der Waals surface area (Å²) in [6.07, 6.45) is 5.01. The zero-order valence-electron chi connectivity index (χ0n) is 14.0. The minimum Gasteiger partial charge on any atom is -0.312 e. The van der Waals surface area contributed by atoms with E-state index >= 15 is 0 Å². The number of hydrogen-bond donors (Lipinski definition) is 2. The van der Waals surface area contributed by atoms with Crippen molar-refractivity contribution < 1.29 is 0 Å². The standard InChI is InChI=1S/C17H20N6O2/c1-12-10-21(7-4-18-12)11-13-2-6-23-14(8-13)15(9-19-23)22-5-3-16(24)20-17(22)25/h2-3,5-6,8-9,12,18H,4,7,10-11H2,1H3,(H,20,24,25)/t12-/m0/s1. The summed E-state index contributed by atoms with van der Waals surface area (Å²) in [7, 11) is 0.